The van der Waals surface area contributed by atoms with Gasteiger partial charge < -0.3 is 11.1 Å². The van der Waals surface area contributed by atoms with Crippen LogP contribution in [0.1, 0.15) is 11.1 Å². The summed E-state index contributed by atoms with van der Waals surface area (Å²) in [6, 6.07) is 10.4. The maximum absolute atomic E-state index is 12.0. The normalized spacial score (nSPS) is 10.6. The molecule has 0 radical (unpaired) electrons. The number of thioether (sulfide) groups is 1. The highest BCUT2D eigenvalue weighted by Crippen LogP contribution is 2.24. The molecule has 2 aromatic rings. The third kappa shape index (κ3) is 4.70. The smallest absolute Gasteiger partial charge is 0.238 e. The second kappa shape index (κ2) is 7.84. The van der Waals surface area contributed by atoms with Gasteiger partial charge in [-0.05, 0) is 30.3 Å². The van der Waals surface area contributed by atoms with E-state index in [0.29, 0.717) is 5.69 Å². The Kier molecular flexibility index (Phi) is 5.79. The molecular weight excluding hydrogens is 376 g/mol. The minimum absolute atomic E-state index is 0.0204. The largest absolute Gasteiger partial charge is 0.383 e. The summed E-state index contributed by atoms with van der Waals surface area (Å²) in [5, 5.41) is 25.8. The SMILES string of the molecule is N#Cc1cc(C#N)c(SCC(=O)Nc2ccc(S(N)(=O)=O)cc2)nc1N. The molecule has 132 valence electrons. The van der Waals surface area contributed by atoms with Gasteiger partial charge in [-0.25, -0.2) is 18.5 Å². The number of rotatable bonds is 5. The fourth-order valence-corrected chi connectivity index (χ4v) is 3.13. The lowest BCUT2D eigenvalue weighted by Gasteiger charge is -2.07. The Morgan fingerprint density at radius 2 is 1.81 bits per heavy atom. The van der Waals surface area contributed by atoms with Crippen LogP contribution in [-0.2, 0) is 14.8 Å². The number of carbonyl (C=O) groups is 1. The van der Waals surface area contributed by atoms with Crippen molar-refractivity contribution in [2.45, 2.75) is 9.92 Å². The van der Waals surface area contributed by atoms with E-state index in [9.17, 15) is 13.2 Å². The van der Waals surface area contributed by atoms with Gasteiger partial charge in [0.2, 0.25) is 15.9 Å². The molecule has 1 aromatic carbocycles. The third-order valence-corrected chi connectivity index (χ3v) is 4.98. The molecule has 1 heterocycles. The monoisotopic (exact) mass is 388 g/mol. The molecule has 0 aliphatic heterocycles. The molecule has 9 nitrogen and oxygen atoms in total. The van der Waals surface area contributed by atoms with Gasteiger partial charge in [0.05, 0.1) is 21.8 Å². The first kappa shape index (κ1) is 19.2. The number of hydrogen-bond donors (Lipinski definition) is 3. The van der Waals surface area contributed by atoms with E-state index in [-0.39, 0.29) is 32.6 Å². The number of nitrogens with two attached hydrogens (primary N) is 2. The van der Waals surface area contributed by atoms with E-state index in [1.54, 1.807) is 0 Å². The molecule has 0 saturated carbocycles. The predicted molar refractivity (Wildman–Crippen MR) is 95.2 cm³/mol. The standard InChI is InChI=1S/C15H12N6O3S2/c16-6-9-5-10(7-17)15(21-14(9)18)25-8-13(22)20-11-1-3-12(4-2-11)26(19,23)24/h1-5H,8H2,(H2,18,21)(H,20,22)(H2,19,23,24). The topological polar surface area (TPSA) is 176 Å². The molecule has 26 heavy (non-hydrogen) atoms. The molecule has 11 heteroatoms. The maximum Gasteiger partial charge on any atom is 0.238 e. The summed E-state index contributed by atoms with van der Waals surface area (Å²) < 4.78 is 22.4. The number of sulfonamides is 1. The Labute approximate surface area is 153 Å². The van der Waals surface area contributed by atoms with Crippen LogP contribution in [0.5, 0.6) is 0 Å². The lowest BCUT2D eigenvalue weighted by atomic mass is 10.2. The molecule has 0 fully saturated rings. The van der Waals surface area contributed by atoms with Crippen molar-refractivity contribution in [3.05, 3.63) is 41.5 Å². The molecule has 0 atom stereocenters. The van der Waals surface area contributed by atoms with Crippen LogP contribution in [0.15, 0.2) is 40.3 Å². The van der Waals surface area contributed by atoms with Crippen LogP contribution in [-0.4, -0.2) is 25.1 Å². The fraction of sp³-hybridized carbons (Fsp3) is 0.0667. The van der Waals surface area contributed by atoms with E-state index in [4.69, 9.17) is 21.4 Å². The number of hydrogen-bond acceptors (Lipinski definition) is 8. The van der Waals surface area contributed by atoms with Crippen LogP contribution < -0.4 is 16.2 Å². The average Bonchev–Trinajstić information content (AvgIpc) is 2.59. The lowest BCUT2D eigenvalue weighted by molar-refractivity contribution is -0.113. The zero-order valence-corrected chi connectivity index (χ0v) is 14.8. The molecule has 5 N–H and O–H groups in total. The average molecular weight is 388 g/mol. The minimum atomic E-state index is -3.80. The fourth-order valence-electron chi connectivity index (χ4n) is 1.85. The number of benzene rings is 1. The van der Waals surface area contributed by atoms with Crippen molar-refractivity contribution in [2.24, 2.45) is 5.14 Å². The Balaban J connectivity index is 2.05. The molecular formula is C15H12N6O3S2. The van der Waals surface area contributed by atoms with Gasteiger partial charge in [0.25, 0.3) is 0 Å². The van der Waals surface area contributed by atoms with Gasteiger partial charge in [-0.15, -0.1) is 0 Å². The highest BCUT2D eigenvalue weighted by Gasteiger charge is 2.13. The molecule has 1 aromatic heterocycles. The van der Waals surface area contributed by atoms with E-state index in [0.717, 1.165) is 11.8 Å². The summed E-state index contributed by atoms with van der Waals surface area (Å²) in [5.74, 6) is -0.482. The molecule has 0 unspecified atom stereocenters. The van der Waals surface area contributed by atoms with Crippen LogP contribution in [0.2, 0.25) is 0 Å². The van der Waals surface area contributed by atoms with Crippen molar-refractivity contribution in [3.63, 3.8) is 0 Å². The Hall–Kier alpha value is -3.12. The molecule has 0 aliphatic rings. The zero-order valence-electron chi connectivity index (χ0n) is 13.1. The van der Waals surface area contributed by atoms with Gasteiger partial charge in [0.1, 0.15) is 23.0 Å². The quantitative estimate of drug-likeness (QED) is 0.629. The van der Waals surface area contributed by atoms with Crippen molar-refractivity contribution in [3.8, 4) is 12.1 Å². The molecule has 0 aliphatic carbocycles. The molecule has 1 amide bonds. The number of nitrogens with one attached hydrogen (secondary N) is 1. The molecule has 0 spiro atoms. The van der Waals surface area contributed by atoms with Crippen LogP contribution in [0.3, 0.4) is 0 Å². The number of pyridine rings is 1. The maximum atomic E-state index is 12.0. The van der Waals surface area contributed by atoms with Crippen LogP contribution in [0.4, 0.5) is 11.5 Å². The Morgan fingerprint density at radius 3 is 2.35 bits per heavy atom. The first-order chi connectivity index (χ1) is 12.2. The van der Waals surface area contributed by atoms with E-state index < -0.39 is 15.9 Å². The van der Waals surface area contributed by atoms with Gasteiger partial charge >= 0.3 is 0 Å². The summed E-state index contributed by atoms with van der Waals surface area (Å²) in [7, 11) is -3.80. The number of nitriles is 2. The van der Waals surface area contributed by atoms with Crippen molar-refractivity contribution in [1.82, 2.24) is 4.98 Å². The van der Waals surface area contributed by atoms with E-state index >= 15 is 0 Å². The van der Waals surface area contributed by atoms with Crippen LogP contribution in [0.25, 0.3) is 0 Å². The van der Waals surface area contributed by atoms with Crippen LogP contribution >= 0.6 is 11.8 Å². The summed E-state index contributed by atoms with van der Waals surface area (Å²) in [4.78, 5) is 15.9. The zero-order chi connectivity index (χ0) is 19.3. The van der Waals surface area contributed by atoms with E-state index in [1.165, 1.54) is 30.3 Å². The van der Waals surface area contributed by atoms with E-state index in [1.807, 2.05) is 12.1 Å². The van der Waals surface area contributed by atoms with Crippen molar-refractivity contribution < 1.29 is 13.2 Å². The summed E-state index contributed by atoms with van der Waals surface area (Å²) in [6.07, 6.45) is 0. The Bertz CT molecular complexity index is 1040. The first-order valence-corrected chi connectivity index (χ1v) is 9.44. The number of nitrogen functional groups attached to an aromatic ring is 1. The predicted octanol–water partition coefficient (Wildman–Crippen LogP) is 0.785. The van der Waals surface area contributed by atoms with Gasteiger partial charge in [-0.1, -0.05) is 11.8 Å². The van der Waals surface area contributed by atoms with Gasteiger partial charge in [-0.3, -0.25) is 4.79 Å². The number of primary sulfonamides is 1. The summed E-state index contributed by atoms with van der Waals surface area (Å²) >= 11 is 0.989. The number of amides is 1. The minimum Gasteiger partial charge on any atom is -0.383 e. The second-order valence-electron chi connectivity index (χ2n) is 4.90. The number of nitrogens with zero attached hydrogens (tertiary/aromatic N) is 3. The van der Waals surface area contributed by atoms with Crippen molar-refractivity contribution >= 4 is 39.2 Å². The number of aromatic nitrogens is 1. The highest BCUT2D eigenvalue weighted by molar-refractivity contribution is 8.00. The second-order valence-corrected chi connectivity index (χ2v) is 7.43. The van der Waals surface area contributed by atoms with Gasteiger partial charge in [0.15, 0.2) is 0 Å². The molecule has 2 rings (SSSR count). The van der Waals surface area contributed by atoms with Crippen molar-refractivity contribution in [1.29, 1.82) is 10.5 Å². The van der Waals surface area contributed by atoms with Crippen LogP contribution in [0, 0.1) is 22.7 Å². The lowest BCUT2D eigenvalue weighted by Crippen LogP contribution is -2.15. The molecule has 0 saturated heterocycles. The van der Waals surface area contributed by atoms with E-state index in [2.05, 4.69) is 10.3 Å². The summed E-state index contributed by atoms with van der Waals surface area (Å²) in [6.45, 7) is 0. The van der Waals surface area contributed by atoms with Gasteiger partial charge in [-0.2, -0.15) is 10.5 Å². The Morgan fingerprint density at radius 1 is 1.19 bits per heavy atom. The van der Waals surface area contributed by atoms with Gasteiger partial charge in [0, 0.05) is 5.69 Å². The summed E-state index contributed by atoms with van der Waals surface area (Å²) in [5.41, 5.74) is 6.24. The first-order valence-electron chi connectivity index (χ1n) is 6.91. The third-order valence-electron chi connectivity index (χ3n) is 3.06. The number of anilines is 2. The highest BCUT2D eigenvalue weighted by atomic mass is 32.2. The van der Waals surface area contributed by atoms with Crippen molar-refractivity contribution in [2.75, 3.05) is 16.8 Å². The number of carbonyl (C=O) groups excluding carboxylic acids is 1. The molecule has 0 bridgehead atoms.